The highest BCUT2D eigenvalue weighted by Crippen LogP contribution is 2.27. The van der Waals surface area contributed by atoms with E-state index in [9.17, 15) is 4.79 Å². The average molecular weight is 456 g/mol. The maximum absolute atomic E-state index is 12.1. The van der Waals surface area contributed by atoms with Crippen LogP contribution in [-0.4, -0.2) is 25.0 Å². The molecule has 3 N–H and O–H groups in total. The van der Waals surface area contributed by atoms with Crippen LogP contribution in [-0.2, 0) is 11.3 Å². The Morgan fingerprint density at radius 1 is 1.16 bits per heavy atom. The molecule has 2 aliphatic rings. The number of nitrogens with zero attached hydrogens (tertiary/aromatic N) is 1. The minimum atomic E-state index is 0. The number of benzene rings is 1. The van der Waals surface area contributed by atoms with E-state index in [1.807, 2.05) is 18.2 Å². The molecule has 0 aromatic heterocycles. The summed E-state index contributed by atoms with van der Waals surface area (Å²) in [5.74, 6) is 1.22. The fraction of sp³-hybridized carbons (Fsp3) is 0.579. The standard InChI is InChI=1S/C19H28N4O.HI/c1-20-19(23-16-9-2-3-10-16)21-13-14-6-4-11-17(12-14)22-18(24)15-7-5-8-15;/h4,6,11-12,15-16H,2-3,5,7-10,13H2,1H3,(H,22,24)(H2,20,21,23);1H. The van der Waals surface area contributed by atoms with Gasteiger partial charge in [-0.2, -0.15) is 0 Å². The van der Waals surface area contributed by atoms with Crippen molar-refractivity contribution in [2.75, 3.05) is 12.4 Å². The Morgan fingerprint density at radius 3 is 2.56 bits per heavy atom. The van der Waals surface area contributed by atoms with E-state index in [0.717, 1.165) is 30.1 Å². The summed E-state index contributed by atoms with van der Waals surface area (Å²) in [6, 6.07) is 8.58. The molecule has 1 aromatic rings. The largest absolute Gasteiger partial charge is 0.354 e. The van der Waals surface area contributed by atoms with Crippen LogP contribution in [0.3, 0.4) is 0 Å². The second-order valence-electron chi connectivity index (χ2n) is 6.87. The van der Waals surface area contributed by atoms with Crippen molar-refractivity contribution in [1.82, 2.24) is 10.6 Å². The third-order valence-electron chi connectivity index (χ3n) is 5.05. The van der Waals surface area contributed by atoms with Crippen molar-refractivity contribution in [3.8, 4) is 0 Å². The Balaban J connectivity index is 0.00000225. The van der Waals surface area contributed by atoms with Crippen LogP contribution in [0.25, 0.3) is 0 Å². The van der Waals surface area contributed by atoms with Gasteiger partial charge in [-0.05, 0) is 43.4 Å². The van der Waals surface area contributed by atoms with Crippen LogP contribution in [0.2, 0.25) is 0 Å². The van der Waals surface area contributed by atoms with Gasteiger partial charge in [-0.1, -0.05) is 31.4 Å². The topological polar surface area (TPSA) is 65.5 Å². The lowest BCUT2D eigenvalue weighted by Gasteiger charge is -2.24. The maximum Gasteiger partial charge on any atom is 0.227 e. The van der Waals surface area contributed by atoms with Crippen LogP contribution in [0.5, 0.6) is 0 Å². The summed E-state index contributed by atoms with van der Waals surface area (Å²) < 4.78 is 0. The van der Waals surface area contributed by atoms with Gasteiger partial charge < -0.3 is 16.0 Å². The lowest BCUT2D eigenvalue weighted by Crippen LogP contribution is -2.41. The summed E-state index contributed by atoms with van der Waals surface area (Å²) in [6.45, 7) is 0.694. The number of aliphatic imine (C=N–C) groups is 1. The minimum absolute atomic E-state index is 0. The number of rotatable bonds is 5. The Labute approximate surface area is 167 Å². The van der Waals surface area contributed by atoms with Crippen molar-refractivity contribution in [2.45, 2.75) is 57.5 Å². The first-order valence-electron chi connectivity index (χ1n) is 9.11. The number of guanidine groups is 1. The van der Waals surface area contributed by atoms with Crippen LogP contribution < -0.4 is 16.0 Å². The highest BCUT2D eigenvalue weighted by Gasteiger charge is 2.25. The van der Waals surface area contributed by atoms with Gasteiger partial charge in [-0.25, -0.2) is 0 Å². The zero-order chi connectivity index (χ0) is 16.8. The zero-order valence-corrected chi connectivity index (χ0v) is 17.2. The third kappa shape index (κ3) is 5.87. The first-order valence-corrected chi connectivity index (χ1v) is 9.11. The van der Waals surface area contributed by atoms with Gasteiger partial charge >= 0.3 is 0 Å². The number of carbonyl (C=O) groups is 1. The van der Waals surface area contributed by atoms with Gasteiger partial charge in [0.25, 0.3) is 0 Å². The Kier molecular flexibility index (Phi) is 7.99. The van der Waals surface area contributed by atoms with Gasteiger partial charge in [-0.3, -0.25) is 9.79 Å². The predicted octanol–water partition coefficient (Wildman–Crippen LogP) is 3.65. The number of anilines is 1. The molecule has 2 aliphatic carbocycles. The molecule has 0 aliphatic heterocycles. The molecule has 2 saturated carbocycles. The van der Waals surface area contributed by atoms with Crippen LogP contribution in [0, 0.1) is 5.92 Å². The second-order valence-corrected chi connectivity index (χ2v) is 6.87. The van der Waals surface area contributed by atoms with E-state index in [0.29, 0.717) is 12.6 Å². The van der Waals surface area contributed by atoms with Gasteiger partial charge in [0.2, 0.25) is 5.91 Å². The van der Waals surface area contributed by atoms with Crippen molar-refractivity contribution in [2.24, 2.45) is 10.9 Å². The fourth-order valence-electron chi connectivity index (χ4n) is 3.32. The highest BCUT2D eigenvalue weighted by atomic mass is 127. The van der Waals surface area contributed by atoms with E-state index >= 15 is 0 Å². The molecule has 0 spiro atoms. The minimum Gasteiger partial charge on any atom is -0.354 e. The smallest absolute Gasteiger partial charge is 0.227 e. The Morgan fingerprint density at radius 2 is 1.92 bits per heavy atom. The SMILES string of the molecule is CN=C(NCc1cccc(NC(=O)C2CCC2)c1)NC1CCCC1.I. The molecule has 0 atom stereocenters. The Hall–Kier alpha value is -1.31. The maximum atomic E-state index is 12.1. The molecule has 0 saturated heterocycles. The molecule has 1 amide bonds. The van der Waals surface area contributed by atoms with Crippen LogP contribution in [0.15, 0.2) is 29.3 Å². The molecule has 6 heteroatoms. The molecule has 0 bridgehead atoms. The fourth-order valence-corrected chi connectivity index (χ4v) is 3.32. The predicted molar refractivity (Wildman–Crippen MR) is 113 cm³/mol. The number of nitrogens with one attached hydrogen (secondary N) is 3. The van der Waals surface area contributed by atoms with Crippen molar-refractivity contribution in [3.05, 3.63) is 29.8 Å². The van der Waals surface area contributed by atoms with Crippen molar-refractivity contribution < 1.29 is 4.79 Å². The lowest BCUT2D eigenvalue weighted by molar-refractivity contribution is -0.122. The number of hydrogen-bond donors (Lipinski definition) is 3. The monoisotopic (exact) mass is 456 g/mol. The summed E-state index contributed by atoms with van der Waals surface area (Å²) in [4.78, 5) is 16.4. The van der Waals surface area contributed by atoms with Gasteiger partial charge in [0.05, 0.1) is 0 Å². The van der Waals surface area contributed by atoms with E-state index in [2.05, 4.69) is 27.0 Å². The van der Waals surface area contributed by atoms with E-state index < -0.39 is 0 Å². The highest BCUT2D eigenvalue weighted by molar-refractivity contribution is 14.0. The van der Waals surface area contributed by atoms with E-state index in [1.54, 1.807) is 7.05 Å². The van der Waals surface area contributed by atoms with Crippen LogP contribution in [0.4, 0.5) is 5.69 Å². The molecule has 25 heavy (non-hydrogen) atoms. The average Bonchev–Trinajstić information content (AvgIpc) is 3.03. The first-order chi connectivity index (χ1) is 11.7. The van der Waals surface area contributed by atoms with Crippen LogP contribution in [0.1, 0.15) is 50.5 Å². The number of halogens is 1. The molecular weight excluding hydrogens is 427 g/mol. The van der Waals surface area contributed by atoms with Crippen molar-refractivity contribution in [1.29, 1.82) is 0 Å². The van der Waals surface area contributed by atoms with Gasteiger partial charge in [0.1, 0.15) is 0 Å². The summed E-state index contributed by atoms with van der Waals surface area (Å²) in [6.07, 6.45) is 8.28. The van der Waals surface area contributed by atoms with E-state index in [-0.39, 0.29) is 35.8 Å². The summed E-state index contributed by atoms with van der Waals surface area (Å²) >= 11 is 0. The number of hydrogen-bond acceptors (Lipinski definition) is 2. The normalized spacial score (nSPS) is 18.2. The summed E-state index contributed by atoms with van der Waals surface area (Å²) in [5, 5.41) is 9.88. The third-order valence-corrected chi connectivity index (χ3v) is 5.05. The van der Waals surface area contributed by atoms with Crippen molar-refractivity contribution in [3.63, 3.8) is 0 Å². The number of amides is 1. The van der Waals surface area contributed by atoms with E-state index in [4.69, 9.17) is 0 Å². The molecule has 2 fully saturated rings. The zero-order valence-electron chi connectivity index (χ0n) is 14.9. The van der Waals surface area contributed by atoms with Gasteiger partial charge in [-0.15, -0.1) is 24.0 Å². The number of carbonyl (C=O) groups excluding carboxylic acids is 1. The molecule has 0 heterocycles. The van der Waals surface area contributed by atoms with Gasteiger partial charge in [0, 0.05) is 31.2 Å². The summed E-state index contributed by atoms with van der Waals surface area (Å²) in [7, 11) is 1.81. The lowest BCUT2D eigenvalue weighted by atomic mass is 9.85. The Bertz CT molecular complexity index is 595. The summed E-state index contributed by atoms with van der Waals surface area (Å²) in [5.41, 5.74) is 2.01. The van der Waals surface area contributed by atoms with Crippen molar-refractivity contribution >= 4 is 41.5 Å². The molecule has 5 nitrogen and oxygen atoms in total. The quantitative estimate of drug-likeness (QED) is 0.360. The molecule has 1 aromatic carbocycles. The second kappa shape index (κ2) is 9.99. The molecule has 0 radical (unpaired) electrons. The molecule has 138 valence electrons. The van der Waals surface area contributed by atoms with Gasteiger partial charge in [0.15, 0.2) is 5.96 Å². The molecular formula is C19H29IN4O. The van der Waals surface area contributed by atoms with Crippen LogP contribution >= 0.6 is 24.0 Å². The van der Waals surface area contributed by atoms with E-state index in [1.165, 1.54) is 32.1 Å². The molecule has 3 rings (SSSR count). The molecule has 0 unspecified atom stereocenters. The first kappa shape index (κ1) is 20.0.